The highest BCUT2D eigenvalue weighted by Gasteiger charge is 2.09. The van der Waals surface area contributed by atoms with Gasteiger partial charge in [0.05, 0.1) is 6.10 Å². The molecule has 2 aromatic rings. The van der Waals surface area contributed by atoms with Gasteiger partial charge in [-0.2, -0.15) is 0 Å². The van der Waals surface area contributed by atoms with Crippen LogP contribution < -0.4 is 11.1 Å². The average molecular weight is 273 g/mol. The van der Waals surface area contributed by atoms with Crippen molar-refractivity contribution in [3.8, 4) is 0 Å². The number of benzene rings is 1. The van der Waals surface area contributed by atoms with Crippen molar-refractivity contribution < 1.29 is 5.11 Å². The normalized spacial score (nSPS) is 12.8. The number of aromatic nitrogens is 1. The summed E-state index contributed by atoms with van der Waals surface area (Å²) in [7, 11) is 0. The minimum absolute atomic E-state index is 0.342. The summed E-state index contributed by atoms with van der Waals surface area (Å²) in [5.41, 5.74) is 8.64. The van der Waals surface area contributed by atoms with Crippen LogP contribution >= 0.6 is 0 Å². The molecule has 0 fully saturated rings. The van der Waals surface area contributed by atoms with Crippen molar-refractivity contribution in [1.82, 2.24) is 4.98 Å². The topological polar surface area (TPSA) is 71.2 Å². The number of hydrogen-bond donors (Lipinski definition) is 3. The first kappa shape index (κ1) is 14.6. The summed E-state index contributed by atoms with van der Waals surface area (Å²) in [5.74, 6) is 0.487. The molecule has 0 bridgehead atoms. The molecule has 1 aromatic heterocycles. The number of rotatable bonds is 5. The van der Waals surface area contributed by atoms with E-state index in [0.717, 1.165) is 34.3 Å². The smallest absolute Gasteiger partial charge is 0.0715 e. The number of nitrogens with zero attached hydrogens (tertiary/aromatic N) is 1. The number of nitrogens with one attached hydrogen (secondary N) is 1. The molecular weight excluding hydrogens is 250 g/mol. The van der Waals surface area contributed by atoms with Crippen LogP contribution in [-0.4, -0.2) is 22.7 Å². The zero-order valence-corrected chi connectivity index (χ0v) is 12.4. The summed E-state index contributed by atoms with van der Waals surface area (Å²) in [6.45, 7) is 6.71. The second-order valence-corrected chi connectivity index (χ2v) is 5.74. The second-order valence-electron chi connectivity index (χ2n) is 5.74. The fraction of sp³-hybridized carbons (Fsp3) is 0.438. The summed E-state index contributed by atoms with van der Waals surface area (Å²) in [5, 5.41) is 15.3. The fourth-order valence-electron chi connectivity index (χ4n) is 2.37. The number of anilines is 2. The SMILES string of the molecule is Cc1cc2c(NCC(O)CC(C)C)ccc(N)c2cn1. The van der Waals surface area contributed by atoms with Crippen LogP contribution in [0.4, 0.5) is 11.4 Å². The van der Waals surface area contributed by atoms with Crippen molar-refractivity contribution in [3.63, 3.8) is 0 Å². The minimum Gasteiger partial charge on any atom is -0.398 e. The van der Waals surface area contributed by atoms with E-state index < -0.39 is 0 Å². The quantitative estimate of drug-likeness (QED) is 0.732. The highest BCUT2D eigenvalue weighted by Crippen LogP contribution is 2.28. The largest absolute Gasteiger partial charge is 0.398 e. The summed E-state index contributed by atoms with van der Waals surface area (Å²) >= 11 is 0. The molecule has 20 heavy (non-hydrogen) atoms. The third-order valence-corrected chi connectivity index (χ3v) is 3.34. The standard InChI is InChI=1S/C16H23N3O/c1-10(2)6-12(20)8-19-16-5-4-15(17)14-9-18-11(3)7-13(14)16/h4-5,7,9-10,12,19-20H,6,8,17H2,1-3H3. The molecule has 2 rings (SSSR count). The van der Waals surface area contributed by atoms with Crippen molar-refractivity contribution in [1.29, 1.82) is 0 Å². The van der Waals surface area contributed by atoms with Crippen LogP contribution in [0.15, 0.2) is 24.4 Å². The van der Waals surface area contributed by atoms with Gasteiger partial charge in [-0.25, -0.2) is 0 Å². The molecule has 1 aromatic carbocycles. The van der Waals surface area contributed by atoms with Gasteiger partial charge < -0.3 is 16.2 Å². The zero-order valence-electron chi connectivity index (χ0n) is 12.4. The number of fused-ring (bicyclic) bond motifs is 1. The lowest BCUT2D eigenvalue weighted by Crippen LogP contribution is -2.21. The molecule has 0 spiro atoms. The van der Waals surface area contributed by atoms with Crippen LogP contribution in [0.25, 0.3) is 10.8 Å². The Kier molecular flexibility index (Phi) is 4.45. The van der Waals surface area contributed by atoms with E-state index in [4.69, 9.17) is 5.73 Å². The summed E-state index contributed by atoms with van der Waals surface area (Å²) in [6, 6.07) is 5.85. The summed E-state index contributed by atoms with van der Waals surface area (Å²) < 4.78 is 0. The van der Waals surface area contributed by atoms with E-state index in [0.29, 0.717) is 12.5 Å². The fourth-order valence-corrected chi connectivity index (χ4v) is 2.37. The number of nitrogen functional groups attached to an aromatic ring is 1. The maximum Gasteiger partial charge on any atom is 0.0715 e. The minimum atomic E-state index is -0.342. The van der Waals surface area contributed by atoms with Crippen molar-refractivity contribution in [3.05, 3.63) is 30.1 Å². The van der Waals surface area contributed by atoms with Crippen LogP contribution in [-0.2, 0) is 0 Å². The Labute approximate surface area is 120 Å². The predicted octanol–water partition coefficient (Wildman–Crippen LogP) is 2.94. The Morgan fingerprint density at radius 3 is 2.75 bits per heavy atom. The molecule has 108 valence electrons. The van der Waals surface area contributed by atoms with Gasteiger partial charge in [-0.1, -0.05) is 13.8 Å². The van der Waals surface area contributed by atoms with Crippen LogP contribution in [0.3, 0.4) is 0 Å². The molecule has 1 heterocycles. The molecule has 0 saturated heterocycles. The van der Waals surface area contributed by atoms with Crippen molar-refractivity contribution in [2.75, 3.05) is 17.6 Å². The molecule has 0 amide bonds. The third kappa shape index (κ3) is 3.39. The molecule has 4 N–H and O–H groups in total. The number of hydrogen-bond acceptors (Lipinski definition) is 4. The van der Waals surface area contributed by atoms with Gasteiger partial charge in [-0.05, 0) is 37.5 Å². The van der Waals surface area contributed by atoms with Crippen LogP contribution in [0, 0.1) is 12.8 Å². The van der Waals surface area contributed by atoms with Gasteiger partial charge in [0.25, 0.3) is 0 Å². The van der Waals surface area contributed by atoms with Crippen LogP contribution in [0.5, 0.6) is 0 Å². The second kappa shape index (κ2) is 6.09. The van der Waals surface area contributed by atoms with Crippen LogP contribution in [0.1, 0.15) is 26.0 Å². The molecule has 4 nitrogen and oxygen atoms in total. The molecule has 0 saturated carbocycles. The van der Waals surface area contributed by atoms with E-state index in [-0.39, 0.29) is 6.10 Å². The van der Waals surface area contributed by atoms with Gasteiger partial charge >= 0.3 is 0 Å². The van der Waals surface area contributed by atoms with Gasteiger partial charge in [0.2, 0.25) is 0 Å². The maximum atomic E-state index is 9.96. The molecule has 0 radical (unpaired) electrons. The Hall–Kier alpha value is -1.81. The van der Waals surface area contributed by atoms with E-state index in [1.165, 1.54) is 0 Å². The van der Waals surface area contributed by atoms with E-state index in [1.807, 2.05) is 25.1 Å². The molecule has 1 atom stereocenters. The van der Waals surface area contributed by atoms with E-state index in [9.17, 15) is 5.11 Å². The number of aliphatic hydroxyl groups is 1. The zero-order chi connectivity index (χ0) is 14.7. The van der Waals surface area contributed by atoms with Crippen molar-refractivity contribution in [2.45, 2.75) is 33.3 Å². The Morgan fingerprint density at radius 1 is 1.30 bits per heavy atom. The third-order valence-electron chi connectivity index (χ3n) is 3.34. The molecule has 0 aliphatic rings. The van der Waals surface area contributed by atoms with Crippen molar-refractivity contribution >= 4 is 22.1 Å². The van der Waals surface area contributed by atoms with Gasteiger partial charge in [0.1, 0.15) is 0 Å². The Balaban J connectivity index is 2.22. The lowest BCUT2D eigenvalue weighted by Gasteiger charge is -2.16. The van der Waals surface area contributed by atoms with E-state index >= 15 is 0 Å². The average Bonchev–Trinajstić information content (AvgIpc) is 2.37. The lowest BCUT2D eigenvalue weighted by atomic mass is 10.1. The predicted molar refractivity (Wildman–Crippen MR) is 84.8 cm³/mol. The van der Waals surface area contributed by atoms with E-state index in [2.05, 4.69) is 24.1 Å². The van der Waals surface area contributed by atoms with Gasteiger partial charge in [0.15, 0.2) is 0 Å². The van der Waals surface area contributed by atoms with Crippen LogP contribution in [0.2, 0.25) is 0 Å². The Bertz CT molecular complexity index is 596. The molecular formula is C16H23N3O. The number of aryl methyl sites for hydroxylation is 1. The highest BCUT2D eigenvalue weighted by atomic mass is 16.3. The highest BCUT2D eigenvalue weighted by molar-refractivity contribution is 6.00. The summed E-state index contributed by atoms with van der Waals surface area (Å²) in [4.78, 5) is 4.29. The van der Waals surface area contributed by atoms with Crippen molar-refractivity contribution in [2.24, 2.45) is 5.92 Å². The number of nitrogens with two attached hydrogens (primary N) is 1. The first-order valence-electron chi connectivity index (χ1n) is 7.04. The molecule has 0 aliphatic carbocycles. The number of aliphatic hydroxyl groups excluding tert-OH is 1. The molecule has 4 heteroatoms. The van der Waals surface area contributed by atoms with Gasteiger partial charge in [-0.15, -0.1) is 0 Å². The summed E-state index contributed by atoms with van der Waals surface area (Å²) in [6.07, 6.45) is 2.25. The first-order valence-corrected chi connectivity index (χ1v) is 7.04. The molecule has 0 aliphatic heterocycles. The van der Waals surface area contributed by atoms with Gasteiger partial charge in [0, 0.05) is 40.6 Å². The molecule has 1 unspecified atom stereocenters. The monoisotopic (exact) mass is 273 g/mol. The lowest BCUT2D eigenvalue weighted by molar-refractivity contribution is 0.161. The number of pyridine rings is 1. The first-order chi connectivity index (χ1) is 9.47. The van der Waals surface area contributed by atoms with E-state index in [1.54, 1.807) is 6.20 Å². The maximum absolute atomic E-state index is 9.96. The Morgan fingerprint density at radius 2 is 2.05 bits per heavy atom. The van der Waals surface area contributed by atoms with Gasteiger partial charge in [-0.3, -0.25) is 4.98 Å².